The van der Waals surface area contributed by atoms with Gasteiger partial charge in [-0.25, -0.2) is 0 Å². The highest BCUT2D eigenvalue weighted by atomic mass is 35.5. The van der Waals surface area contributed by atoms with Gasteiger partial charge in [-0.1, -0.05) is 23.7 Å². The Hall–Kier alpha value is -2.21. The Morgan fingerprint density at radius 2 is 2.16 bits per heavy atom. The van der Waals surface area contributed by atoms with Crippen LogP contribution in [0.25, 0.3) is 5.65 Å². The number of halogens is 1. The third-order valence-electron chi connectivity index (χ3n) is 2.78. The molecule has 6 nitrogen and oxygen atoms in total. The highest BCUT2D eigenvalue weighted by Crippen LogP contribution is 2.20. The van der Waals surface area contributed by atoms with Gasteiger partial charge in [0.2, 0.25) is 0 Å². The first-order chi connectivity index (χ1) is 9.22. The minimum Gasteiger partial charge on any atom is -0.362 e. The Morgan fingerprint density at radius 1 is 1.26 bits per heavy atom. The maximum absolute atomic E-state index is 5.98. The van der Waals surface area contributed by atoms with Crippen LogP contribution in [0.3, 0.4) is 0 Å². The average Bonchev–Trinajstić information content (AvgIpc) is 2.86. The SMILES string of the molecule is CC(Nc1ccc2nnnn2n1)c1cccc(Cl)c1. The van der Waals surface area contributed by atoms with Gasteiger partial charge in [0.25, 0.3) is 0 Å². The Labute approximate surface area is 114 Å². The van der Waals surface area contributed by atoms with Crippen molar-refractivity contribution in [3.05, 3.63) is 47.0 Å². The fourth-order valence-electron chi connectivity index (χ4n) is 1.81. The summed E-state index contributed by atoms with van der Waals surface area (Å²) in [5.74, 6) is 0.701. The van der Waals surface area contributed by atoms with Crippen molar-refractivity contribution in [2.45, 2.75) is 13.0 Å². The monoisotopic (exact) mass is 274 g/mol. The van der Waals surface area contributed by atoms with Gasteiger partial charge in [0.1, 0.15) is 5.82 Å². The van der Waals surface area contributed by atoms with Crippen LogP contribution in [0.4, 0.5) is 5.82 Å². The second-order valence-electron chi connectivity index (χ2n) is 4.17. The molecule has 0 fully saturated rings. The number of anilines is 1. The Bertz CT molecular complexity index is 710. The maximum atomic E-state index is 5.98. The van der Waals surface area contributed by atoms with Gasteiger partial charge < -0.3 is 5.32 Å². The van der Waals surface area contributed by atoms with E-state index in [0.717, 1.165) is 10.6 Å². The van der Waals surface area contributed by atoms with E-state index in [1.54, 1.807) is 6.07 Å². The highest BCUT2D eigenvalue weighted by Gasteiger charge is 2.07. The lowest BCUT2D eigenvalue weighted by Crippen LogP contribution is -2.09. The first-order valence-corrected chi connectivity index (χ1v) is 6.17. The molecule has 3 aromatic rings. The number of nitrogens with one attached hydrogen (secondary N) is 1. The van der Waals surface area contributed by atoms with Crippen molar-refractivity contribution in [2.75, 3.05) is 5.32 Å². The summed E-state index contributed by atoms with van der Waals surface area (Å²) in [6, 6.07) is 11.4. The summed E-state index contributed by atoms with van der Waals surface area (Å²) < 4.78 is 1.38. The lowest BCUT2D eigenvalue weighted by Gasteiger charge is -2.14. The van der Waals surface area contributed by atoms with Gasteiger partial charge in [0.05, 0.1) is 6.04 Å². The number of benzene rings is 1. The number of hydrogen-bond acceptors (Lipinski definition) is 5. The van der Waals surface area contributed by atoms with Crippen molar-refractivity contribution in [1.82, 2.24) is 25.3 Å². The molecule has 0 radical (unpaired) electrons. The summed E-state index contributed by atoms with van der Waals surface area (Å²) in [5, 5.41) is 19.4. The zero-order valence-corrected chi connectivity index (χ0v) is 10.9. The van der Waals surface area contributed by atoms with Gasteiger partial charge in [-0.05, 0) is 47.2 Å². The summed E-state index contributed by atoms with van der Waals surface area (Å²) in [6.07, 6.45) is 0. The van der Waals surface area contributed by atoms with Gasteiger partial charge in [-0.15, -0.1) is 14.8 Å². The molecule has 0 saturated heterocycles. The fraction of sp³-hybridized carbons (Fsp3) is 0.167. The molecule has 0 amide bonds. The van der Waals surface area contributed by atoms with E-state index >= 15 is 0 Å². The second kappa shape index (κ2) is 4.81. The van der Waals surface area contributed by atoms with Crippen molar-refractivity contribution >= 4 is 23.1 Å². The summed E-state index contributed by atoms with van der Waals surface area (Å²) >= 11 is 5.98. The van der Waals surface area contributed by atoms with Gasteiger partial charge in [-0.3, -0.25) is 0 Å². The van der Waals surface area contributed by atoms with E-state index in [4.69, 9.17) is 11.6 Å². The van der Waals surface area contributed by atoms with Crippen LogP contribution in [-0.2, 0) is 0 Å². The van der Waals surface area contributed by atoms with E-state index in [0.29, 0.717) is 11.5 Å². The van der Waals surface area contributed by atoms with E-state index in [-0.39, 0.29) is 6.04 Å². The molecule has 1 atom stereocenters. The zero-order chi connectivity index (χ0) is 13.2. The van der Waals surface area contributed by atoms with E-state index in [1.807, 2.05) is 37.3 Å². The predicted octanol–water partition coefficient (Wildman–Crippen LogP) is 2.35. The maximum Gasteiger partial charge on any atom is 0.200 e. The molecule has 2 heterocycles. The Balaban J connectivity index is 1.83. The first-order valence-electron chi connectivity index (χ1n) is 5.80. The molecule has 1 aromatic carbocycles. The number of rotatable bonds is 3. The number of aromatic nitrogens is 5. The second-order valence-corrected chi connectivity index (χ2v) is 4.60. The summed E-state index contributed by atoms with van der Waals surface area (Å²) in [6.45, 7) is 2.04. The van der Waals surface area contributed by atoms with E-state index in [2.05, 4.69) is 25.9 Å². The molecule has 1 unspecified atom stereocenters. The minimum atomic E-state index is 0.0835. The molecule has 0 aliphatic heterocycles. The summed E-state index contributed by atoms with van der Waals surface area (Å²) in [7, 11) is 0. The fourth-order valence-corrected chi connectivity index (χ4v) is 2.01. The molecule has 0 aliphatic carbocycles. The lowest BCUT2D eigenvalue weighted by atomic mass is 10.1. The summed E-state index contributed by atoms with van der Waals surface area (Å²) in [4.78, 5) is 0. The van der Waals surface area contributed by atoms with E-state index < -0.39 is 0 Å². The molecule has 2 aromatic heterocycles. The van der Waals surface area contributed by atoms with Crippen molar-refractivity contribution < 1.29 is 0 Å². The molecule has 1 N–H and O–H groups in total. The number of nitrogens with zero attached hydrogens (tertiary/aromatic N) is 5. The molecular weight excluding hydrogens is 264 g/mol. The minimum absolute atomic E-state index is 0.0835. The largest absolute Gasteiger partial charge is 0.362 e. The van der Waals surface area contributed by atoms with E-state index in [1.165, 1.54) is 4.63 Å². The Morgan fingerprint density at radius 3 is 3.00 bits per heavy atom. The lowest BCUT2D eigenvalue weighted by molar-refractivity contribution is 0.728. The predicted molar refractivity (Wildman–Crippen MR) is 72.1 cm³/mol. The van der Waals surface area contributed by atoms with Crippen LogP contribution < -0.4 is 5.32 Å². The number of hydrogen-bond donors (Lipinski definition) is 1. The molecular formula is C12H11ClN6. The van der Waals surface area contributed by atoms with Crippen LogP contribution in [0, 0.1) is 0 Å². The van der Waals surface area contributed by atoms with Crippen molar-refractivity contribution in [2.24, 2.45) is 0 Å². The molecule has 0 aliphatic rings. The zero-order valence-electron chi connectivity index (χ0n) is 10.2. The van der Waals surface area contributed by atoms with Crippen LogP contribution in [0.15, 0.2) is 36.4 Å². The third-order valence-corrected chi connectivity index (χ3v) is 3.02. The molecule has 0 saturated carbocycles. The standard InChI is InChI=1S/C12H11ClN6/c1-8(9-3-2-4-10(13)7-9)14-11-5-6-12-15-17-18-19(12)16-11/h2-8H,1H3,(H,14,16). The summed E-state index contributed by atoms with van der Waals surface area (Å²) in [5.41, 5.74) is 1.70. The highest BCUT2D eigenvalue weighted by molar-refractivity contribution is 6.30. The molecule has 3 rings (SSSR count). The molecule has 0 spiro atoms. The van der Waals surface area contributed by atoms with Crippen LogP contribution in [0.5, 0.6) is 0 Å². The van der Waals surface area contributed by atoms with Gasteiger partial charge in [0.15, 0.2) is 5.65 Å². The van der Waals surface area contributed by atoms with Gasteiger partial charge in [-0.2, -0.15) is 0 Å². The molecule has 0 bridgehead atoms. The third kappa shape index (κ3) is 2.48. The average molecular weight is 275 g/mol. The van der Waals surface area contributed by atoms with Crippen LogP contribution in [0.2, 0.25) is 5.02 Å². The number of tetrazole rings is 1. The van der Waals surface area contributed by atoms with Crippen LogP contribution in [-0.4, -0.2) is 25.3 Å². The van der Waals surface area contributed by atoms with Crippen molar-refractivity contribution in [3.8, 4) is 0 Å². The smallest absolute Gasteiger partial charge is 0.200 e. The number of fused-ring (bicyclic) bond motifs is 1. The molecule has 7 heteroatoms. The van der Waals surface area contributed by atoms with Crippen LogP contribution in [0.1, 0.15) is 18.5 Å². The molecule has 19 heavy (non-hydrogen) atoms. The first kappa shape index (κ1) is 11.9. The van der Waals surface area contributed by atoms with Gasteiger partial charge >= 0.3 is 0 Å². The van der Waals surface area contributed by atoms with E-state index in [9.17, 15) is 0 Å². The van der Waals surface area contributed by atoms with Crippen molar-refractivity contribution in [1.29, 1.82) is 0 Å². The molecule has 96 valence electrons. The quantitative estimate of drug-likeness (QED) is 0.794. The topological polar surface area (TPSA) is 68.0 Å². The normalized spacial score (nSPS) is 12.5. The van der Waals surface area contributed by atoms with Gasteiger partial charge in [0, 0.05) is 5.02 Å². The van der Waals surface area contributed by atoms with Crippen LogP contribution >= 0.6 is 11.6 Å². The van der Waals surface area contributed by atoms with Crippen molar-refractivity contribution in [3.63, 3.8) is 0 Å². The Kier molecular flexibility index (Phi) is 3.00.